The van der Waals surface area contributed by atoms with Crippen LogP contribution in [0.25, 0.3) is 11.0 Å². The molecule has 0 fully saturated rings. The van der Waals surface area contributed by atoms with Gasteiger partial charge in [0.15, 0.2) is 0 Å². The molecular weight excluding hydrogens is 397 g/mol. The Kier molecular flexibility index (Phi) is 4.98. The normalized spacial score (nSPS) is 13.9. The van der Waals surface area contributed by atoms with Crippen molar-refractivity contribution in [3.63, 3.8) is 0 Å². The number of hydrogen-bond donors (Lipinski definition) is 2. The molecule has 7 nitrogen and oxygen atoms in total. The van der Waals surface area contributed by atoms with Crippen LogP contribution in [0.15, 0.2) is 61.2 Å². The summed E-state index contributed by atoms with van der Waals surface area (Å²) in [5.74, 6) is -1.37. The number of aromatic amines is 1. The number of carbonyl (C=O) groups excluding carboxylic acids is 1. The molecule has 2 heterocycles. The molecule has 2 N–H and O–H groups in total. The zero-order valence-electron chi connectivity index (χ0n) is 15.8. The highest BCUT2D eigenvalue weighted by Gasteiger charge is 2.34. The number of H-pyrrole nitrogens is 1. The number of imidazole rings is 1. The van der Waals surface area contributed by atoms with Gasteiger partial charge in [-0.3, -0.25) is 4.79 Å². The third-order valence-corrected chi connectivity index (χ3v) is 4.74. The maximum absolute atomic E-state index is 13.0. The fourth-order valence-corrected chi connectivity index (χ4v) is 3.15. The fraction of sp³-hybridized carbons (Fsp3) is 0.200. The Morgan fingerprint density at radius 3 is 2.57 bits per heavy atom. The molecule has 4 rings (SSSR count). The summed E-state index contributed by atoms with van der Waals surface area (Å²) < 4.78 is 40.4. The number of carbonyl (C=O) groups is 1. The van der Waals surface area contributed by atoms with Gasteiger partial charge in [0.25, 0.3) is 0 Å². The number of halogens is 3. The number of nitrogens with one attached hydrogen (secondary N) is 2. The van der Waals surface area contributed by atoms with Crippen molar-refractivity contribution in [3.05, 3.63) is 78.1 Å². The molecule has 0 aliphatic rings. The second kappa shape index (κ2) is 7.62. The van der Waals surface area contributed by atoms with Gasteiger partial charge in [-0.2, -0.15) is 18.3 Å². The summed E-state index contributed by atoms with van der Waals surface area (Å²) in [5.41, 5.74) is 1.83. The van der Waals surface area contributed by atoms with E-state index in [1.165, 1.54) is 23.4 Å². The number of hydrogen-bond acceptors (Lipinski definition) is 4. The van der Waals surface area contributed by atoms with E-state index in [4.69, 9.17) is 0 Å². The van der Waals surface area contributed by atoms with Gasteiger partial charge in [-0.1, -0.05) is 36.4 Å². The van der Waals surface area contributed by atoms with Gasteiger partial charge in [-0.15, -0.1) is 0 Å². The quantitative estimate of drug-likeness (QED) is 0.522. The highest BCUT2D eigenvalue weighted by molar-refractivity contribution is 5.81. The molecule has 4 aromatic rings. The van der Waals surface area contributed by atoms with Crippen molar-refractivity contribution in [2.24, 2.45) is 0 Å². The topological polar surface area (TPSA) is 88.5 Å². The number of amides is 1. The number of fused-ring (bicyclic) bond motifs is 1. The van der Waals surface area contributed by atoms with Crippen LogP contribution in [0.3, 0.4) is 0 Å². The Morgan fingerprint density at radius 2 is 1.90 bits per heavy atom. The second-order valence-corrected chi connectivity index (χ2v) is 6.76. The Hall–Kier alpha value is -3.69. The average Bonchev–Trinajstić information content (AvgIpc) is 3.41. The molecule has 0 aliphatic carbocycles. The predicted molar refractivity (Wildman–Crippen MR) is 102 cm³/mol. The van der Waals surface area contributed by atoms with Crippen molar-refractivity contribution in [1.82, 2.24) is 30.0 Å². The Balaban J connectivity index is 1.70. The fourth-order valence-electron chi connectivity index (χ4n) is 3.15. The van der Waals surface area contributed by atoms with E-state index in [1.807, 2.05) is 30.3 Å². The van der Waals surface area contributed by atoms with Crippen molar-refractivity contribution in [2.45, 2.75) is 25.2 Å². The van der Waals surface area contributed by atoms with Crippen molar-refractivity contribution in [3.8, 4) is 0 Å². The molecule has 0 saturated heterocycles. The zero-order valence-corrected chi connectivity index (χ0v) is 15.8. The summed E-state index contributed by atoms with van der Waals surface area (Å²) in [7, 11) is 0. The number of benzene rings is 2. The monoisotopic (exact) mass is 414 g/mol. The second-order valence-electron chi connectivity index (χ2n) is 6.76. The van der Waals surface area contributed by atoms with Crippen LogP contribution in [-0.4, -0.2) is 30.6 Å². The highest BCUT2D eigenvalue weighted by Crippen LogP contribution is 2.30. The van der Waals surface area contributed by atoms with Crippen molar-refractivity contribution in [1.29, 1.82) is 0 Å². The lowest BCUT2D eigenvalue weighted by molar-refractivity contribution is -0.144. The number of alkyl halides is 3. The summed E-state index contributed by atoms with van der Waals surface area (Å²) in [5, 5.41) is 6.94. The van der Waals surface area contributed by atoms with Gasteiger partial charge in [-0.25, -0.2) is 14.6 Å². The molecule has 2 unspecified atom stereocenters. The largest absolute Gasteiger partial charge is 0.449 e. The number of rotatable bonds is 5. The van der Waals surface area contributed by atoms with Crippen LogP contribution in [-0.2, 0) is 11.0 Å². The van der Waals surface area contributed by atoms with E-state index in [0.29, 0.717) is 5.56 Å². The third-order valence-electron chi connectivity index (χ3n) is 4.74. The minimum atomic E-state index is -4.57. The first kappa shape index (κ1) is 19.6. The molecule has 30 heavy (non-hydrogen) atoms. The summed E-state index contributed by atoms with van der Waals surface area (Å²) >= 11 is 0. The molecule has 0 radical (unpaired) electrons. The highest BCUT2D eigenvalue weighted by atomic mass is 19.4. The summed E-state index contributed by atoms with van der Waals surface area (Å²) in [6.07, 6.45) is -1.79. The van der Waals surface area contributed by atoms with E-state index in [-0.39, 0.29) is 16.9 Å². The SMILES string of the molecule is CC(C(=O)NC(c1ccccc1)c1ccc2nc(C(F)(F)F)[nH]c2c1)n1cncn1. The number of nitrogens with zero attached hydrogens (tertiary/aromatic N) is 4. The Morgan fingerprint density at radius 1 is 1.13 bits per heavy atom. The minimum Gasteiger partial charge on any atom is -0.343 e. The summed E-state index contributed by atoms with van der Waals surface area (Å²) in [4.78, 5) is 22.6. The maximum Gasteiger partial charge on any atom is 0.449 e. The molecule has 1 amide bonds. The summed E-state index contributed by atoms with van der Waals surface area (Å²) in [6.45, 7) is 1.68. The third kappa shape index (κ3) is 3.88. The minimum absolute atomic E-state index is 0.195. The van der Waals surface area contributed by atoms with E-state index in [2.05, 4.69) is 25.4 Å². The van der Waals surface area contributed by atoms with E-state index in [9.17, 15) is 18.0 Å². The van der Waals surface area contributed by atoms with Crippen LogP contribution in [0.5, 0.6) is 0 Å². The molecular formula is C20H17F3N6O. The van der Waals surface area contributed by atoms with Gasteiger partial charge in [0, 0.05) is 0 Å². The molecule has 0 saturated carbocycles. The van der Waals surface area contributed by atoms with Gasteiger partial charge in [0.1, 0.15) is 18.7 Å². The summed E-state index contributed by atoms with van der Waals surface area (Å²) in [6, 6.07) is 12.7. The molecule has 0 aliphatic heterocycles. The van der Waals surface area contributed by atoms with E-state index >= 15 is 0 Å². The van der Waals surface area contributed by atoms with Crippen molar-refractivity contribution < 1.29 is 18.0 Å². The van der Waals surface area contributed by atoms with E-state index in [0.717, 1.165) is 5.56 Å². The predicted octanol–water partition coefficient (Wildman–Crippen LogP) is 3.64. The van der Waals surface area contributed by atoms with Crippen LogP contribution in [0.4, 0.5) is 13.2 Å². The lowest BCUT2D eigenvalue weighted by atomic mass is 9.98. The van der Waals surface area contributed by atoms with Gasteiger partial charge < -0.3 is 10.3 Å². The molecule has 10 heteroatoms. The Bertz CT molecular complexity index is 1150. The molecule has 2 atom stereocenters. The first-order valence-electron chi connectivity index (χ1n) is 9.09. The average molecular weight is 414 g/mol. The lowest BCUT2D eigenvalue weighted by Gasteiger charge is -2.22. The van der Waals surface area contributed by atoms with Crippen LogP contribution in [0, 0.1) is 0 Å². The van der Waals surface area contributed by atoms with Gasteiger partial charge in [-0.05, 0) is 30.2 Å². The van der Waals surface area contributed by atoms with Gasteiger partial charge >= 0.3 is 6.18 Å². The van der Waals surface area contributed by atoms with Crippen LogP contribution in [0.2, 0.25) is 0 Å². The first-order chi connectivity index (χ1) is 14.3. The van der Waals surface area contributed by atoms with Crippen LogP contribution in [0.1, 0.15) is 36.0 Å². The van der Waals surface area contributed by atoms with Gasteiger partial charge in [0.05, 0.1) is 17.1 Å². The van der Waals surface area contributed by atoms with Crippen molar-refractivity contribution >= 4 is 16.9 Å². The molecule has 2 aromatic heterocycles. The molecule has 0 bridgehead atoms. The number of aromatic nitrogens is 5. The molecule has 2 aromatic carbocycles. The first-order valence-corrected chi connectivity index (χ1v) is 9.09. The van der Waals surface area contributed by atoms with Crippen molar-refractivity contribution in [2.75, 3.05) is 0 Å². The standard InChI is InChI=1S/C20H17F3N6O/c1-12(29-11-24-10-25-29)18(30)28-17(13-5-3-2-4-6-13)14-7-8-15-16(9-14)27-19(26-15)20(21,22)23/h2-12,17H,1H3,(H,26,27)(H,28,30). The maximum atomic E-state index is 13.0. The van der Waals surface area contributed by atoms with Crippen LogP contribution >= 0.6 is 0 Å². The van der Waals surface area contributed by atoms with E-state index in [1.54, 1.807) is 19.1 Å². The van der Waals surface area contributed by atoms with Gasteiger partial charge in [0.2, 0.25) is 11.7 Å². The molecule has 154 valence electrons. The smallest absolute Gasteiger partial charge is 0.343 e. The van der Waals surface area contributed by atoms with E-state index < -0.39 is 24.1 Å². The van der Waals surface area contributed by atoms with Crippen LogP contribution < -0.4 is 5.32 Å². The zero-order chi connectivity index (χ0) is 21.3. The lowest BCUT2D eigenvalue weighted by Crippen LogP contribution is -2.35. The molecule has 0 spiro atoms. The Labute approximate surface area is 169 Å².